The van der Waals surface area contributed by atoms with Crippen LogP contribution in [0.15, 0.2) is 42.5 Å². The molecule has 19 heavy (non-hydrogen) atoms. The highest BCUT2D eigenvalue weighted by Gasteiger charge is 2.14. The lowest BCUT2D eigenvalue weighted by molar-refractivity contribution is 0.577. The first-order chi connectivity index (χ1) is 9.10. The molecule has 0 bridgehead atoms. The van der Waals surface area contributed by atoms with Crippen molar-refractivity contribution in [3.63, 3.8) is 0 Å². The normalized spacial score (nSPS) is 12.4. The van der Waals surface area contributed by atoms with Crippen molar-refractivity contribution in [3.8, 4) is 0 Å². The van der Waals surface area contributed by atoms with E-state index in [4.69, 9.17) is 11.6 Å². The fourth-order valence-electron chi connectivity index (χ4n) is 2.22. The quantitative estimate of drug-likeness (QED) is 0.879. The minimum Gasteiger partial charge on any atom is -0.313 e. The molecular weight excluding hydrogens is 261 g/mol. The molecule has 0 fully saturated rings. The first kappa shape index (κ1) is 14.0. The third-order valence-electron chi connectivity index (χ3n) is 3.20. The predicted octanol–water partition coefficient (Wildman–Crippen LogP) is 4.29. The molecule has 0 spiro atoms. The Morgan fingerprint density at radius 2 is 2.00 bits per heavy atom. The fourth-order valence-corrected chi connectivity index (χ4v) is 2.47. The van der Waals surface area contributed by atoms with E-state index in [1.165, 1.54) is 23.3 Å². The molecule has 0 aliphatic carbocycles. The standard InChI is InChI=1S/C16H17ClFN/c1-11-4-3-5-12(8-11)9-16(19-2)14-10-13(18)6-7-15(14)17/h3-8,10,16,19H,9H2,1-2H3. The summed E-state index contributed by atoms with van der Waals surface area (Å²) in [5.74, 6) is -0.260. The summed E-state index contributed by atoms with van der Waals surface area (Å²) >= 11 is 6.16. The summed E-state index contributed by atoms with van der Waals surface area (Å²) in [5.41, 5.74) is 3.23. The van der Waals surface area contributed by atoms with E-state index in [1.807, 2.05) is 13.1 Å². The van der Waals surface area contributed by atoms with E-state index in [0.29, 0.717) is 5.02 Å². The Labute approximate surface area is 118 Å². The third-order valence-corrected chi connectivity index (χ3v) is 3.55. The summed E-state index contributed by atoms with van der Waals surface area (Å²) in [5, 5.41) is 3.79. The molecular formula is C16H17ClFN. The maximum absolute atomic E-state index is 13.4. The van der Waals surface area contributed by atoms with Crippen LogP contribution in [0, 0.1) is 12.7 Å². The number of halogens is 2. The maximum Gasteiger partial charge on any atom is 0.123 e. The summed E-state index contributed by atoms with van der Waals surface area (Å²) in [6.07, 6.45) is 0.779. The van der Waals surface area contributed by atoms with Crippen molar-refractivity contribution in [2.24, 2.45) is 0 Å². The average molecular weight is 278 g/mol. The van der Waals surface area contributed by atoms with Crippen LogP contribution in [0.5, 0.6) is 0 Å². The zero-order valence-corrected chi connectivity index (χ0v) is 11.8. The molecule has 0 aliphatic rings. The molecule has 0 aromatic heterocycles. The van der Waals surface area contributed by atoms with Crippen molar-refractivity contribution >= 4 is 11.6 Å². The number of likely N-dealkylation sites (N-methyl/N-ethyl adjacent to an activating group) is 1. The van der Waals surface area contributed by atoms with Crippen molar-refractivity contribution < 1.29 is 4.39 Å². The number of rotatable bonds is 4. The van der Waals surface area contributed by atoms with Gasteiger partial charge in [-0.05, 0) is 49.7 Å². The second-order valence-electron chi connectivity index (χ2n) is 4.70. The summed E-state index contributed by atoms with van der Waals surface area (Å²) in [4.78, 5) is 0. The van der Waals surface area contributed by atoms with E-state index in [2.05, 4.69) is 30.4 Å². The molecule has 0 aliphatic heterocycles. The van der Waals surface area contributed by atoms with E-state index in [-0.39, 0.29) is 11.9 Å². The van der Waals surface area contributed by atoms with Crippen molar-refractivity contribution in [1.82, 2.24) is 5.32 Å². The maximum atomic E-state index is 13.4. The Morgan fingerprint density at radius 1 is 1.21 bits per heavy atom. The number of nitrogens with one attached hydrogen (secondary N) is 1. The second kappa shape index (κ2) is 6.18. The monoisotopic (exact) mass is 277 g/mol. The van der Waals surface area contributed by atoms with Gasteiger partial charge in [-0.3, -0.25) is 0 Å². The first-order valence-corrected chi connectivity index (χ1v) is 6.65. The molecule has 0 saturated heterocycles. The molecule has 2 rings (SSSR count). The Hall–Kier alpha value is -1.38. The molecule has 0 amide bonds. The predicted molar refractivity (Wildman–Crippen MR) is 78.1 cm³/mol. The van der Waals surface area contributed by atoms with E-state index < -0.39 is 0 Å². The summed E-state index contributed by atoms with van der Waals surface area (Å²) < 4.78 is 13.4. The van der Waals surface area contributed by atoms with E-state index in [9.17, 15) is 4.39 Å². The molecule has 2 aromatic rings. The molecule has 1 N–H and O–H groups in total. The lowest BCUT2D eigenvalue weighted by atomic mass is 9.98. The van der Waals surface area contributed by atoms with Crippen LogP contribution in [-0.4, -0.2) is 7.05 Å². The van der Waals surface area contributed by atoms with E-state index in [0.717, 1.165) is 12.0 Å². The fraction of sp³-hybridized carbons (Fsp3) is 0.250. The topological polar surface area (TPSA) is 12.0 Å². The van der Waals surface area contributed by atoms with Crippen LogP contribution in [0.3, 0.4) is 0 Å². The van der Waals surface area contributed by atoms with Gasteiger partial charge in [0, 0.05) is 11.1 Å². The highest BCUT2D eigenvalue weighted by atomic mass is 35.5. The highest BCUT2D eigenvalue weighted by Crippen LogP contribution is 2.26. The Balaban J connectivity index is 2.27. The molecule has 2 aromatic carbocycles. The molecule has 1 nitrogen and oxygen atoms in total. The van der Waals surface area contributed by atoms with Crippen molar-refractivity contribution in [2.75, 3.05) is 7.05 Å². The second-order valence-corrected chi connectivity index (χ2v) is 5.11. The number of hydrogen-bond donors (Lipinski definition) is 1. The molecule has 0 radical (unpaired) electrons. The molecule has 0 heterocycles. The third kappa shape index (κ3) is 3.55. The van der Waals surface area contributed by atoms with Gasteiger partial charge >= 0.3 is 0 Å². The van der Waals surface area contributed by atoms with Gasteiger partial charge in [0.25, 0.3) is 0 Å². The minimum atomic E-state index is -0.260. The van der Waals surface area contributed by atoms with Crippen molar-refractivity contribution in [2.45, 2.75) is 19.4 Å². The van der Waals surface area contributed by atoms with E-state index >= 15 is 0 Å². The van der Waals surface area contributed by atoms with Gasteiger partial charge in [-0.25, -0.2) is 4.39 Å². The van der Waals surface area contributed by atoms with Gasteiger partial charge in [-0.1, -0.05) is 41.4 Å². The van der Waals surface area contributed by atoms with Gasteiger partial charge in [0.15, 0.2) is 0 Å². The van der Waals surface area contributed by atoms with Gasteiger partial charge in [0.05, 0.1) is 0 Å². The minimum absolute atomic E-state index is 0.00463. The van der Waals surface area contributed by atoms with E-state index in [1.54, 1.807) is 6.07 Å². The van der Waals surface area contributed by atoms with Crippen LogP contribution in [-0.2, 0) is 6.42 Å². The first-order valence-electron chi connectivity index (χ1n) is 6.28. The van der Waals surface area contributed by atoms with Crippen LogP contribution >= 0.6 is 11.6 Å². The van der Waals surface area contributed by atoms with Crippen molar-refractivity contribution in [3.05, 3.63) is 70.0 Å². The molecule has 1 unspecified atom stereocenters. The van der Waals surface area contributed by atoms with Gasteiger partial charge in [0.1, 0.15) is 5.82 Å². The summed E-state index contributed by atoms with van der Waals surface area (Å²) in [7, 11) is 1.86. The van der Waals surface area contributed by atoms with Crippen LogP contribution in [0.1, 0.15) is 22.7 Å². The molecule has 100 valence electrons. The van der Waals surface area contributed by atoms with Gasteiger partial charge in [0.2, 0.25) is 0 Å². The Bertz CT molecular complexity index is 568. The largest absolute Gasteiger partial charge is 0.313 e. The molecule has 3 heteroatoms. The van der Waals surface area contributed by atoms with Gasteiger partial charge in [-0.15, -0.1) is 0 Å². The van der Waals surface area contributed by atoms with Crippen LogP contribution in [0.2, 0.25) is 5.02 Å². The smallest absolute Gasteiger partial charge is 0.123 e. The summed E-state index contributed by atoms with van der Waals surface area (Å²) in [6, 6.07) is 12.8. The number of hydrogen-bond acceptors (Lipinski definition) is 1. The van der Waals surface area contributed by atoms with Gasteiger partial charge in [-0.2, -0.15) is 0 Å². The Kier molecular flexibility index (Phi) is 4.56. The zero-order valence-electron chi connectivity index (χ0n) is 11.1. The van der Waals surface area contributed by atoms with Crippen LogP contribution in [0.4, 0.5) is 4.39 Å². The number of benzene rings is 2. The summed E-state index contributed by atoms with van der Waals surface area (Å²) in [6.45, 7) is 2.06. The zero-order chi connectivity index (χ0) is 13.8. The SMILES string of the molecule is CNC(Cc1cccc(C)c1)c1cc(F)ccc1Cl. The van der Waals surface area contributed by atoms with Crippen LogP contribution < -0.4 is 5.32 Å². The lowest BCUT2D eigenvalue weighted by Crippen LogP contribution is -2.19. The number of aryl methyl sites for hydroxylation is 1. The highest BCUT2D eigenvalue weighted by molar-refractivity contribution is 6.31. The van der Waals surface area contributed by atoms with Gasteiger partial charge < -0.3 is 5.32 Å². The average Bonchev–Trinajstić information content (AvgIpc) is 2.39. The molecule has 0 saturated carbocycles. The van der Waals surface area contributed by atoms with Crippen molar-refractivity contribution in [1.29, 1.82) is 0 Å². The lowest BCUT2D eigenvalue weighted by Gasteiger charge is -2.18. The van der Waals surface area contributed by atoms with Crippen LogP contribution in [0.25, 0.3) is 0 Å². The molecule has 1 atom stereocenters. The Morgan fingerprint density at radius 3 is 2.68 bits per heavy atom.